The van der Waals surface area contributed by atoms with Gasteiger partial charge in [-0.3, -0.25) is 9.69 Å². The van der Waals surface area contributed by atoms with Crippen LogP contribution < -0.4 is 9.47 Å². The van der Waals surface area contributed by atoms with E-state index in [0.29, 0.717) is 46.3 Å². The summed E-state index contributed by atoms with van der Waals surface area (Å²) in [5.74, 6) is 0.476. The molecule has 2 aromatic carbocycles. The molecule has 168 valence electrons. The number of carbonyl (C=O) groups excluding carboxylic acids is 1. The monoisotopic (exact) mass is 454 g/mol. The maximum atomic E-state index is 12.9. The Labute approximate surface area is 191 Å². The molecule has 0 atom stereocenters. The molecule has 0 unspecified atom stereocenters. The van der Waals surface area contributed by atoms with Gasteiger partial charge in [-0.25, -0.2) is 9.79 Å². The van der Waals surface area contributed by atoms with Crippen molar-refractivity contribution in [1.82, 2.24) is 4.90 Å². The normalized spacial score (nSPS) is 16.3. The molecule has 1 heterocycles. The molecule has 1 aliphatic rings. The van der Waals surface area contributed by atoms with Gasteiger partial charge in [0.05, 0.1) is 29.9 Å². The summed E-state index contributed by atoms with van der Waals surface area (Å²) in [4.78, 5) is 30.8. The van der Waals surface area contributed by atoms with Crippen LogP contribution in [0, 0.1) is 5.92 Å². The van der Waals surface area contributed by atoms with Crippen molar-refractivity contribution in [2.45, 2.75) is 20.8 Å². The maximum absolute atomic E-state index is 12.9. The Morgan fingerprint density at radius 3 is 2.66 bits per heavy atom. The first-order valence-electron chi connectivity index (χ1n) is 10.3. The predicted octanol–water partition coefficient (Wildman–Crippen LogP) is 5.05. The van der Waals surface area contributed by atoms with E-state index in [4.69, 9.17) is 9.47 Å². The number of ether oxygens (including phenoxy) is 2. The highest BCUT2D eigenvalue weighted by atomic mass is 32.2. The van der Waals surface area contributed by atoms with E-state index in [9.17, 15) is 14.7 Å². The Balaban J connectivity index is 1.88. The van der Waals surface area contributed by atoms with Gasteiger partial charge < -0.3 is 14.6 Å². The van der Waals surface area contributed by atoms with Crippen LogP contribution in [-0.2, 0) is 4.79 Å². The smallest absolute Gasteiger partial charge is 0.335 e. The number of carboxylic acids is 1. The molecule has 8 heteroatoms. The van der Waals surface area contributed by atoms with Gasteiger partial charge in [-0.1, -0.05) is 26.0 Å². The molecular weight excluding hydrogens is 428 g/mol. The van der Waals surface area contributed by atoms with E-state index >= 15 is 0 Å². The second kappa shape index (κ2) is 10.4. The summed E-state index contributed by atoms with van der Waals surface area (Å²) in [6.45, 7) is 7.05. The molecule has 1 saturated heterocycles. The zero-order chi connectivity index (χ0) is 23.3. The number of aliphatic imine (C=N–C) groups is 1. The number of methoxy groups -OCH3 is 1. The number of carboxylic acid groups (broad SMARTS) is 1. The Morgan fingerprint density at radius 1 is 1.22 bits per heavy atom. The number of hydrogen-bond donors (Lipinski definition) is 1. The first kappa shape index (κ1) is 23.4. The van der Waals surface area contributed by atoms with Crippen molar-refractivity contribution in [2.24, 2.45) is 10.9 Å². The van der Waals surface area contributed by atoms with E-state index in [0.717, 1.165) is 5.56 Å². The number of likely N-dealkylation sites (N-methyl/N-ethyl adjacent to an activating group) is 1. The first-order chi connectivity index (χ1) is 15.3. The van der Waals surface area contributed by atoms with E-state index in [2.05, 4.69) is 18.8 Å². The molecule has 0 aliphatic carbocycles. The summed E-state index contributed by atoms with van der Waals surface area (Å²) >= 11 is 1.26. The number of carbonyl (C=O) groups is 2. The standard InChI is InChI=1S/C24H26N2O5S/c1-5-26-22(27)21(32-24(26)25-18-8-6-7-17(13-18)23(28)29)12-16-9-10-19(20(11-16)30-4)31-14-15(2)3/h6-13,15H,5,14H2,1-4H3,(H,28,29)/b21-12+,25-24?. The second-order valence-electron chi connectivity index (χ2n) is 7.53. The van der Waals surface area contributed by atoms with Gasteiger partial charge in [0.25, 0.3) is 5.91 Å². The second-order valence-corrected chi connectivity index (χ2v) is 8.53. The van der Waals surface area contributed by atoms with Crippen LogP contribution in [0.25, 0.3) is 6.08 Å². The average Bonchev–Trinajstić information content (AvgIpc) is 3.06. The number of rotatable bonds is 8. The lowest BCUT2D eigenvalue weighted by Crippen LogP contribution is -2.28. The minimum atomic E-state index is -1.02. The lowest BCUT2D eigenvalue weighted by molar-refractivity contribution is -0.122. The van der Waals surface area contributed by atoms with Crippen LogP contribution in [0.5, 0.6) is 11.5 Å². The van der Waals surface area contributed by atoms with Gasteiger partial charge in [-0.15, -0.1) is 0 Å². The lowest BCUT2D eigenvalue weighted by Gasteiger charge is -2.13. The molecule has 7 nitrogen and oxygen atoms in total. The van der Waals surface area contributed by atoms with E-state index in [-0.39, 0.29) is 11.5 Å². The molecule has 0 bridgehead atoms. The van der Waals surface area contributed by atoms with Crippen LogP contribution in [0.3, 0.4) is 0 Å². The number of thioether (sulfide) groups is 1. The fourth-order valence-electron chi connectivity index (χ4n) is 2.99. The number of benzene rings is 2. The van der Waals surface area contributed by atoms with E-state index < -0.39 is 5.97 Å². The molecular formula is C24H26N2O5S. The van der Waals surface area contributed by atoms with E-state index in [1.165, 1.54) is 23.9 Å². The molecule has 2 aromatic rings. The van der Waals surface area contributed by atoms with Crippen LogP contribution >= 0.6 is 11.8 Å². The number of nitrogens with zero attached hydrogens (tertiary/aromatic N) is 2. The number of aromatic carboxylic acids is 1. The van der Waals surface area contributed by atoms with Crippen LogP contribution in [0.2, 0.25) is 0 Å². The summed E-state index contributed by atoms with van der Waals surface area (Å²) in [7, 11) is 1.58. The minimum absolute atomic E-state index is 0.145. The van der Waals surface area contributed by atoms with Crippen LogP contribution in [0.1, 0.15) is 36.7 Å². The van der Waals surface area contributed by atoms with Crippen molar-refractivity contribution in [3.8, 4) is 11.5 Å². The molecule has 0 spiro atoms. The molecule has 1 aliphatic heterocycles. The predicted molar refractivity (Wildman–Crippen MR) is 127 cm³/mol. The highest BCUT2D eigenvalue weighted by Gasteiger charge is 2.32. The molecule has 32 heavy (non-hydrogen) atoms. The van der Waals surface area contributed by atoms with Crippen molar-refractivity contribution >= 4 is 40.6 Å². The Morgan fingerprint density at radius 2 is 2.00 bits per heavy atom. The fourth-order valence-corrected chi connectivity index (χ4v) is 4.05. The van der Waals surface area contributed by atoms with Crippen molar-refractivity contribution in [2.75, 3.05) is 20.3 Å². The van der Waals surface area contributed by atoms with Crippen LogP contribution in [0.4, 0.5) is 5.69 Å². The highest BCUT2D eigenvalue weighted by Crippen LogP contribution is 2.36. The van der Waals surface area contributed by atoms with Crippen molar-refractivity contribution < 1.29 is 24.2 Å². The summed E-state index contributed by atoms with van der Waals surface area (Å²) in [6.07, 6.45) is 1.79. The van der Waals surface area contributed by atoms with E-state index in [1.807, 2.05) is 25.1 Å². The first-order valence-corrected chi connectivity index (χ1v) is 11.1. The Kier molecular flexibility index (Phi) is 7.58. The van der Waals surface area contributed by atoms with Gasteiger partial charge in [0, 0.05) is 6.54 Å². The minimum Gasteiger partial charge on any atom is -0.493 e. The SMILES string of the molecule is CCN1C(=O)/C(=C\c2ccc(OCC(C)C)c(OC)c2)SC1=Nc1cccc(C(=O)O)c1. The summed E-state index contributed by atoms with van der Waals surface area (Å²) in [6, 6.07) is 11.9. The summed E-state index contributed by atoms with van der Waals surface area (Å²) in [5, 5.41) is 9.70. The molecule has 0 aromatic heterocycles. The molecule has 0 saturated carbocycles. The van der Waals surface area contributed by atoms with E-state index in [1.54, 1.807) is 30.2 Å². The Hall–Kier alpha value is -3.26. The topological polar surface area (TPSA) is 88.4 Å². The fraction of sp³-hybridized carbons (Fsp3) is 0.292. The van der Waals surface area contributed by atoms with Gasteiger partial charge in [-0.05, 0) is 66.6 Å². The van der Waals surface area contributed by atoms with Gasteiger partial charge >= 0.3 is 5.97 Å². The number of amidine groups is 1. The van der Waals surface area contributed by atoms with Gasteiger partial charge in [0.1, 0.15) is 0 Å². The lowest BCUT2D eigenvalue weighted by atomic mass is 10.1. The van der Waals surface area contributed by atoms with Gasteiger partial charge in [0.15, 0.2) is 16.7 Å². The number of hydrogen-bond acceptors (Lipinski definition) is 6. The average molecular weight is 455 g/mol. The third kappa shape index (κ3) is 5.50. The van der Waals surface area contributed by atoms with Crippen molar-refractivity contribution in [3.05, 3.63) is 58.5 Å². The zero-order valence-electron chi connectivity index (χ0n) is 18.5. The zero-order valence-corrected chi connectivity index (χ0v) is 19.3. The molecule has 3 rings (SSSR count). The summed E-state index contributed by atoms with van der Waals surface area (Å²) < 4.78 is 11.2. The molecule has 0 radical (unpaired) electrons. The van der Waals surface area contributed by atoms with Crippen LogP contribution in [-0.4, -0.2) is 47.3 Å². The highest BCUT2D eigenvalue weighted by molar-refractivity contribution is 8.18. The maximum Gasteiger partial charge on any atom is 0.335 e. The van der Waals surface area contributed by atoms with Crippen molar-refractivity contribution in [1.29, 1.82) is 0 Å². The van der Waals surface area contributed by atoms with Gasteiger partial charge in [0.2, 0.25) is 0 Å². The molecule has 1 amide bonds. The summed E-state index contributed by atoms with van der Waals surface area (Å²) in [5.41, 5.74) is 1.43. The quantitative estimate of drug-likeness (QED) is 0.562. The van der Waals surface area contributed by atoms with Crippen LogP contribution in [0.15, 0.2) is 52.4 Å². The third-order valence-corrected chi connectivity index (χ3v) is 5.59. The van der Waals surface area contributed by atoms with Crippen molar-refractivity contribution in [3.63, 3.8) is 0 Å². The number of amides is 1. The third-order valence-electron chi connectivity index (χ3n) is 4.58. The Bertz CT molecular complexity index is 1080. The molecule has 1 fully saturated rings. The van der Waals surface area contributed by atoms with Gasteiger partial charge in [-0.2, -0.15) is 0 Å². The molecule has 1 N–H and O–H groups in total. The largest absolute Gasteiger partial charge is 0.493 e.